The molecule has 4 rings (SSSR count). The van der Waals surface area contributed by atoms with E-state index in [9.17, 15) is 14.0 Å². The van der Waals surface area contributed by atoms with E-state index in [1.54, 1.807) is 22.7 Å². The summed E-state index contributed by atoms with van der Waals surface area (Å²) in [5, 5.41) is 2.68. The van der Waals surface area contributed by atoms with Crippen molar-refractivity contribution in [2.75, 3.05) is 16.0 Å². The first kappa shape index (κ1) is 19.2. The fourth-order valence-corrected chi connectivity index (χ4v) is 4.40. The summed E-state index contributed by atoms with van der Waals surface area (Å²) >= 11 is 1.56. The Kier molecular flexibility index (Phi) is 5.36. The molecule has 1 N–H and O–H groups in total. The van der Waals surface area contributed by atoms with Crippen LogP contribution >= 0.6 is 11.8 Å². The highest BCUT2D eigenvalue weighted by atomic mass is 32.2. The second-order valence-corrected chi connectivity index (χ2v) is 7.92. The molecule has 2 amide bonds. The number of hydrogen-bond donors (Lipinski definition) is 1. The van der Waals surface area contributed by atoms with Crippen LogP contribution < -0.4 is 10.2 Å². The Labute approximate surface area is 172 Å². The molecular formula is C23H19FN2O2S. The number of aryl methyl sites for hydroxylation is 1. The molecule has 0 spiro atoms. The van der Waals surface area contributed by atoms with Crippen molar-refractivity contribution in [1.29, 1.82) is 0 Å². The number of carbonyl (C=O) groups excluding carboxylic acids is 2. The van der Waals surface area contributed by atoms with Crippen LogP contribution in [0.3, 0.4) is 0 Å². The van der Waals surface area contributed by atoms with E-state index >= 15 is 0 Å². The van der Waals surface area contributed by atoms with Gasteiger partial charge in [0, 0.05) is 16.9 Å². The smallest absolute Gasteiger partial charge is 0.255 e. The number of benzene rings is 3. The summed E-state index contributed by atoms with van der Waals surface area (Å²) in [6.45, 7) is 2.01. The molecule has 1 atom stereocenters. The van der Waals surface area contributed by atoms with Gasteiger partial charge in [-0.15, -0.1) is 11.8 Å². The molecule has 0 saturated carbocycles. The summed E-state index contributed by atoms with van der Waals surface area (Å²) in [6.07, 6.45) is 0. The lowest BCUT2D eigenvalue weighted by molar-refractivity contribution is -0.115. The molecule has 146 valence electrons. The van der Waals surface area contributed by atoms with Crippen LogP contribution in [0.25, 0.3) is 0 Å². The van der Waals surface area contributed by atoms with Crippen molar-refractivity contribution in [2.45, 2.75) is 12.3 Å². The largest absolute Gasteiger partial charge is 0.322 e. The van der Waals surface area contributed by atoms with Gasteiger partial charge in [-0.3, -0.25) is 14.5 Å². The van der Waals surface area contributed by atoms with Crippen LogP contribution in [0.2, 0.25) is 0 Å². The molecule has 0 radical (unpaired) electrons. The summed E-state index contributed by atoms with van der Waals surface area (Å²) in [7, 11) is 0. The number of carbonyl (C=O) groups is 2. The van der Waals surface area contributed by atoms with Crippen LogP contribution in [0.1, 0.15) is 26.9 Å². The van der Waals surface area contributed by atoms with E-state index in [4.69, 9.17) is 0 Å². The SMILES string of the molecule is Cc1ccc(N2C(=O)CS[C@@H]2c2cccc(NC(=O)c3ccc(F)cc3)c2)cc1. The van der Waals surface area contributed by atoms with Gasteiger partial charge in [0.25, 0.3) is 5.91 Å². The predicted molar refractivity (Wildman–Crippen MR) is 115 cm³/mol. The molecule has 1 saturated heterocycles. The molecule has 3 aromatic rings. The van der Waals surface area contributed by atoms with Crippen LogP contribution in [0, 0.1) is 12.7 Å². The van der Waals surface area contributed by atoms with E-state index < -0.39 is 0 Å². The fourth-order valence-electron chi connectivity index (χ4n) is 3.23. The Morgan fingerprint density at radius 1 is 1.07 bits per heavy atom. The Morgan fingerprint density at radius 2 is 1.79 bits per heavy atom. The van der Waals surface area contributed by atoms with Gasteiger partial charge in [-0.1, -0.05) is 29.8 Å². The lowest BCUT2D eigenvalue weighted by Crippen LogP contribution is -2.27. The molecule has 1 fully saturated rings. The van der Waals surface area contributed by atoms with Gasteiger partial charge in [-0.05, 0) is 61.0 Å². The number of hydrogen-bond acceptors (Lipinski definition) is 3. The summed E-state index contributed by atoms with van der Waals surface area (Å²) in [5.74, 6) is -0.231. The lowest BCUT2D eigenvalue weighted by Gasteiger charge is -2.25. The number of nitrogens with zero attached hydrogens (tertiary/aromatic N) is 1. The maximum atomic E-state index is 13.1. The molecule has 0 bridgehead atoms. The highest BCUT2D eigenvalue weighted by Gasteiger charge is 2.34. The van der Waals surface area contributed by atoms with E-state index in [0.717, 1.165) is 16.8 Å². The molecule has 0 unspecified atom stereocenters. The van der Waals surface area contributed by atoms with Crippen molar-refractivity contribution in [1.82, 2.24) is 0 Å². The number of anilines is 2. The number of rotatable bonds is 4. The summed E-state index contributed by atoms with van der Waals surface area (Å²) in [4.78, 5) is 26.7. The maximum absolute atomic E-state index is 13.1. The van der Waals surface area contributed by atoms with Gasteiger partial charge < -0.3 is 5.32 Å². The minimum absolute atomic E-state index is 0.0598. The first-order chi connectivity index (χ1) is 14.0. The van der Waals surface area contributed by atoms with Crippen molar-refractivity contribution < 1.29 is 14.0 Å². The average Bonchev–Trinajstić information content (AvgIpc) is 3.11. The van der Waals surface area contributed by atoms with Crippen LogP contribution in [0.4, 0.5) is 15.8 Å². The standard InChI is InChI=1S/C23H19FN2O2S/c1-15-5-11-20(12-6-15)26-21(27)14-29-23(26)17-3-2-4-19(13-17)25-22(28)16-7-9-18(24)10-8-16/h2-13,23H,14H2,1H3,(H,25,28)/t23-/m1/s1. The normalized spacial score (nSPS) is 16.1. The first-order valence-corrected chi connectivity index (χ1v) is 10.2. The van der Waals surface area contributed by atoms with E-state index in [1.165, 1.54) is 24.3 Å². The first-order valence-electron chi connectivity index (χ1n) is 9.18. The number of amides is 2. The minimum atomic E-state index is -0.386. The van der Waals surface area contributed by atoms with Crippen LogP contribution in [0.15, 0.2) is 72.8 Å². The predicted octanol–water partition coefficient (Wildman–Crippen LogP) is 5.17. The van der Waals surface area contributed by atoms with Gasteiger partial charge in [0.2, 0.25) is 5.91 Å². The molecule has 1 aliphatic rings. The molecule has 0 aromatic heterocycles. The summed E-state index contributed by atoms with van der Waals surface area (Å²) in [6, 6.07) is 20.7. The highest BCUT2D eigenvalue weighted by Crippen LogP contribution is 2.42. The van der Waals surface area contributed by atoms with Crippen molar-refractivity contribution in [3.63, 3.8) is 0 Å². The van der Waals surface area contributed by atoms with Crippen LogP contribution in [-0.4, -0.2) is 17.6 Å². The second kappa shape index (κ2) is 8.09. The monoisotopic (exact) mass is 406 g/mol. The number of halogens is 1. The van der Waals surface area contributed by atoms with Crippen molar-refractivity contribution in [3.05, 3.63) is 95.3 Å². The molecule has 29 heavy (non-hydrogen) atoms. The lowest BCUT2D eigenvalue weighted by atomic mass is 10.1. The zero-order valence-electron chi connectivity index (χ0n) is 15.8. The van der Waals surface area contributed by atoms with Crippen molar-refractivity contribution >= 4 is 35.0 Å². The third-order valence-electron chi connectivity index (χ3n) is 4.72. The number of thioether (sulfide) groups is 1. The Hall–Kier alpha value is -3.12. The van der Waals surface area contributed by atoms with Crippen molar-refractivity contribution in [2.24, 2.45) is 0 Å². The average molecular weight is 406 g/mol. The quantitative estimate of drug-likeness (QED) is 0.651. The van der Waals surface area contributed by atoms with E-state index in [0.29, 0.717) is 17.0 Å². The Morgan fingerprint density at radius 3 is 2.52 bits per heavy atom. The third kappa shape index (κ3) is 4.17. The van der Waals surface area contributed by atoms with E-state index in [1.807, 2.05) is 49.4 Å². The van der Waals surface area contributed by atoms with Crippen LogP contribution in [0.5, 0.6) is 0 Å². The van der Waals surface area contributed by atoms with Gasteiger partial charge in [0.05, 0.1) is 5.75 Å². The van der Waals surface area contributed by atoms with Gasteiger partial charge in [-0.25, -0.2) is 4.39 Å². The van der Waals surface area contributed by atoms with E-state index in [-0.39, 0.29) is 23.0 Å². The van der Waals surface area contributed by atoms with Gasteiger partial charge in [0.1, 0.15) is 11.2 Å². The number of nitrogens with one attached hydrogen (secondary N) is 1. The third-order valence-corrected chi connectivity index (χ3v) is 5.93. The second-order valence-electron chi connectivity index (χ2n) is 6.85. The zero-order chi connectivity index (χ0) is 20.4. The minimum Gasteiger partial charge on any atom is -0.322 e. The molecule has 4 nitrogen and oxygen atoms in total. The molecule has 6 heteroatoms. The van der Waals surface area contributed by atoms with Crippen molar-refractivity contribution in [3.8, 4) is 0 Å². The van der Waals surface area contributed by atoms with E-state index in [2.05, 4.69) is 5.32 Å². The molecule has 3 aromatic carbocycles. The fraction of sp³-hybridized carbons (Fsp3) is 0.130. The van der Waals surface area contributed by atoms with Gasteiger partial charge >= 0.3 is 0 Å². The Bertz CT molecular complexity index is 1050. The van der Waals surface area contributed by atoms with Crippen LogP contribution in [-0.2, 0) is 4.79 Å². The zero-order valence-corrected chi connectivity index (χ0v) is 16.6. The molecule has 1 aliphatic heterocycles. The highest BCUT2D eigenvalue weighted by molar-refractivity contribution is 8.00. The summed E-state index contributed by atoms with van der Waals surface area (Å²) in [5.41, 5.74) is 3.92. The van der Waals surface area contributed by atoms with Gasteiger partial charge in [-0.2, -0.15) is 0 Å². The molecular weight excluding hydrogens is 387 g/mol. The Balaban J connectivity index is 1.57. The maximum Gasteiger partial charge on any atom is 0.255 e. The van der Waals surface area contributed by atoms with Gasteiger partial charge in [0.15, 0.2) is 0 Å². The molecule has 1 heterocycles. The molecule has 0 aliphatic carbocycles. The topological polar surface area (TPSA) is 49.4 Å². The summed E-state index contributed by atoms with van der Waals surface area (Å²) < 4.78 is 13.1.